The molecule has 6 heteroatoms. The Labute approximate surface area is 144 Å². The summed E-state index contributed by atoms with van der Waals surface area (Å²) in [5, 5.41) is 9.10. The molecule has 3 rings (SSSR count). The van der Waals surface area contributed by atoms with Gasteiger partial charge in [-0.1, -0.05) is 29.8 Å². The van der Waals surface area contributed by atoms with Gasteiger partial charge in [0.1, 0.15) is 0 Å². The van der Waals surface area contributed by atoms with Crippen molar-refractivity contribution in [1.29, 1.82) is 0 Å². The monoisotopic (exact) mass is 340 g/mol. The van der Waals surface area contributed by atoms with Gasteiger partial charge in [0.25, 0.3) is 0 Å². The number of para-hydroxylation sites is 1. The molecule has 0 saturated carbocycles. The lowest BCUT2D eigenvalue weighted by atomic mass is 10.3. The van der Waals surface area contributed by atoms with Crippen molar-refractivity contribution in [2.75, 3.05) is 5.32 Å². The molecule has 0 aliphatic rings. The first-order valence-corrected chi connectivity index (χ1v) is 7.71. The predicted molar refractivity (Wildman–Crippen MR) is 96.8 cm³/mol. The van der Waals surface area contributed by atoms with E-state index in [0.717, 1.165) is 11.4 Å². The van der Waals surface area contributed by atoms with E-state index < -0.39 is 0 Å². The molecule has 0 unspecified atom stereocenters. The topological polar surface area (TPSA) is 42.2 Å². The Bertz CT molecular complexity index is 853. The van der Waals surface area contributed by atoms with Gasteiger partial charge in [-0.25, -0.2) is 9.67 Å². The molecule has 23 heavy (non-hydrogen) atoms. The summed E-state index contributed by atoms with van der Waals surface area (Å²) in [6, 6.07) is 19.0. The van der Waals surface area contributed by atoms with E-state index in [9.17, 15) is 0 Å². The van der Waals surface area contributed by atoms with Gasteiger partial charge in [0.15, 0.2) is 5.11 Å². The van der Waals surface area contributed by atoms with Gasteiger partial charge in [0, 0.05) is 16.9 Å². The normalized spacial score (nSPS) is 11.3. The van der Waals surface area contributed by atoms with Crippen molar-refractivity contribution in [3.8, 4) is 5.69 Å². The fourth-order valence-electron chi connectivity index (χ4n) is 1.95. The SMILES string of the molecule is S=C(/N=c1\ccn(-c2ccccc2)nc1)Nc1ccc(Cl)cc1. The van der Waals surface area contributed by atoms with Crippen LogP contribution in [0.5, 0.6) is 0 Å². The number of hydrogen-bond acceptors (Lipinski definition) is 2. The highest BCUT2D eigenvalue weighted by atomic mass is 35.5. The number of benzene rings is 2. The average molecular weight is 341 g/mol. The van der Waals surface area contributed by atoms with Crippen LogP contribution in [0.3, 0.4) is 0 Å². The largest absolute Gasteiger partial charge is 0.331 e. The molecular formula is C17H13ClN4S. The van der Waals surface area contributed by atoms with Gasteiger partial charge in [-0.2, -0.15) is 5.10 Å². The third-order valence-electron chi connectivity index (χ3n) is 3.05. The number of aromatic nitrogens is 2. The summed E-state index contributed by atoms with van der Waals surface area (Å²) in [5.74, 6) is 0. The van der Waals surface area contributed by atoms with Crippen LogP contribution in [-0.2, 0) is 0 Å². The molecule has 0 fully saturated rings. The third-order valence-corrected chi connectivity index (χ3v) is 3.49. The molecule has 0 aliphatic heterocycles. The Morgan fingerprint density at radius 1 is 1.04 bits per heavy atom. The number of rotatable bonds is 2. The highest BCUT2D eigenvalue weighted by Crippen LogP contribution is 2.13. The number of nitrogens with one attached hydrogen (secondary N) is 1. The molecule has 3 aromatic rings. The van der Waals surface area contributed by atoms with E-state index in [-0.39, 0.29) is 0 Å². The van der Waals surface area contributed by atoms with Gasteiger partial charge in [0.05, 0.1) is 17.2 Å². The lowest BCUT2D eigenvalue weighted by Gasteiger charge is -2.05. The summed E-state index contributed by atoms with van der Waals surface area (Å²) >= 11 is 11.1. The van der Waals surface area contributed by atoms with Gasteiger partial charge in [-0.15, -0.1) is 0 Å². The number of nitrogens with zero attached hydrogens (tertiary/aromatic N) is 3. The number of hydrogen-bond donors (Lipinski definition) is 1. The van der Waals surface area contributed by atoms with Crippen molar-refractivity contribution in [2.24, 2.45) is 4.99 Å². The fourth-order valence-corrected chi connectivity index (χ4v) is 2.30. The number of anilines is 1. The Balaban J connectivity index is 1.74. The summed E-state index contributed by atoms with van der Waals surface area (Å²) in [7, 11) is 0. The van der Waals surface area contributed by atoms with Crippen LogP contribution in [0.2, 0.25) is 5.02 Å². The van der Waals surface area contributed by atoms with E-state index in [1.165, 1.54) is 0 Å². The highest BCUT2D eigenvalue weighted by Gasteiger charge is 1.97. The molecule has 0 atom stereocenters. The standard InChI is InChI=1S/C17H13ClN4S/c18-13-6-8-14(9-7-13)20-17(23)21-15-10-11-22(19-12-15)16-4-2-1-3-5-16/h1-12H,(H,20,23)/b21-15+. The zero-order valence-corrected chi connectivity index (χ0v) is 13.6. The minimum absolute atomic E-state index is 0.367. The number of halogens is 1. The van der Waals surface area contributed by atoms with E-state index in [0.29, 0.717) is 15.5 Å². The van der Waals surface area contributed by atoms with Crippen molar-refractivity contribution < 1.29 is 0 Å². The maximum absolute atomic E-state index is 5.85. The minimum Gasteiger partial charge on any atom is -0.331 e. The predicted octanol–water partition coefficient (Wildman–Crippen LogP) is 3.82. The van der Waals surface area contributed by atoms with E-state index in [2.05, 4.69) is 15.4 Å². The van der Waals surface area contributed by atoms with Crippen LogP contribution in [0, 0.1) is 0 Å². The molecule has 4 nitrogen and oxygen atoms in total. The van der Waals surface area contributed by atoms with Gasteiger partial charge in [0.2, 0.25) is 0 Å². The first kappa shape index (κ1) is 15.4. The van der Waals surface area contributed by atoms with E-state index in [1.54, 1.807) is 23.0 Å². The van der Waals surface area contributed by atoms with Gasteiger partial charge >= 0.3 is 0 Å². The lowest BCUT2D eigenvalue weighted by Crippen LogP contribution is -2.14. The minimum atomic E-state index is 0.367. The molecule has 0 amide bonds. The van der Waals surface area contributed by atoms with Crippen molar-refractivity contribution >= 4 is 34.6 Å². The summed E-state index contributed by atoms with van der Waals surface area (Å²) in [4.78, 5) is 4.32. The summed E-state index contributed by atoms with van der Waals surface area (Å²) in [6.45, 7) is 0. The fraction of sp³-hybridized carbons (Fsp3) is 0. The highest BCUT2D eigenvalue weighted by molar-refractivity contribution is 7.80. The van der Waals surface area contributed by atoms with E-state index >= 15 is 0 Å². The molecule has 114 valence electrons. The maximum Gasteiger partial charge on any atom is 0.197 e. The molecule has 0 aliphatic carbocycles. The second-order valence-electron chi connectivity index (χ2n) is 4.71. The summed E-state index contributed by atoms with van der Waals surface area (Å²) in [5.41, 5.74) is 1.83. The number of thiocarbonyl (C=S) groups is 1. The van der Waals surface area contributed by atoms with Crippen molar-refractivity contribution in [3.05, 3.63) is 83.4 Å². The Morgan fingerprint density at radius 2 is 1.78 bits per heavy atom. The van der Waals surface area contributed by atoms with Crippen LogP contribution < -0.4 is 10.7 Å². The summed E-state index contributed by atoms with van der Waals surface area (Å²) in [6.07, 6.45) is 3.52. The maximum atomic E-state index is 5.85. The molecule has 1 N–H and O–H groups in total. The van der Waals surface area contributed by atoms with Crippen LogP contribution in [0.15, 0.2) is 78.0 Å². The molecule has 0 radical (unpaired) electrons. The first-order chi connectivity index (χ1) is 11.2. The average Bonchev–Trinajstić information content (AvgIpc) is 2.58. The molecule has 1 aromatic heterocycles. The Morgan fingerprint density at radius 3 is 2.43 bits per heavy atom. The molecule has 0 spiro atoms. The third kappa shape index (κ3) is 4.25. The molecule has 2 aromatic carbocycles. The van der Waals surface area contributed by atoms with Crippen LogP contribution in [0.1, 0.15) is 0 Å². The van der Waals surface area contributed by atoms with Gasteiger partial charge in [-0.3, -0.25) is 0 Å². The smallest absolute Gasteiger partial charge is 0.197 e. The van der Waals surface area contributed by atoms with Crippen LogP contribution in [-0.4, -0.2) is 14.9 Å². The zero-order valence-electron chi connectivity index (χ0n) is 12.1. The van der Waals surface area contributed by atoms with Crippen LogP contribution >= 0.6 is 23.8 Å². The molecular weight excluding hydrogens is 328 g/mol. The second-order valence-corrected chi connectivity index (χ2v) is 5.54. The van der Waals surface area contributed by atoms with Crippen molar-refractivity contribution in [1.82, 2.24) is 9.78 Å². The Kier molecular flexibility index (Phi) is 4.80. The Hall–Kier alpha value is -2.50. The lowest BCUT2D eigenvalue weighted by molar-refractivity contribution is 0.833. The second kappa shape index (κ2) is 7.17. The first-order valence-electron chi connectivity index (χ1n) is 6.92. The zero-order chi connectivity index (χ0) is 16.1. The van der Waals surface area contributed by atoms with Gasteiger partial charge < -0.3 is 5.32 Å². The van der Waals surface area contributed by atoms with E-state index in [1.807, 2.05) is 54.7 Å². The van der Waals surface area contributed by atoms with Crippen LogP contribution in [0.4, 0.5) is 5.69 Å². The van der Waals surface area contributed by atoms with Crippen molar-refractivity contribution in [2.45, 2.75) is 0 Å². The van der Waals surface area contributed by atoms with Crippen molar-refractivity contribution in [3.63, 3.8) is 0 Å². The molecule has 0 saturated heterocycles. The quantitative estimate of drug-likeness (QED) is 0.721. The van der Waals surface area contributed by atoms with E-state index in [4.69, 9.17) is 23.8 Å². The molecule has 0 bridgehead atoms. The van der Waals surface area contributed by atoms with Gasteiger partial charge in [-0.05, 0) is 54.7 Å². The van der Waals surface area contributed by atoms with Crippen LogP contribution in [0.25, 0.3) is 5.69 Å². The summed E-state index contributed by atoms with van der Waals surface area (Å²) < 4.78 is 1.77. The molecule has 1 heterocycles.